The van der Waals surface area contributed by atoms with Crippen LogP contribution in [-0.2, 0) is 14.3 Å². The molecule has 1 aliphatic rings. The molecule has 1 fully saturated rings. The quantitative estimate of drug-likeness (QED) is 0.0261. The minimum atomic E-state index is -1.57. The Bertz CT molecular complexity index is 1290. The van der Waals surface area contributed by atoms with Crippen molar-refractivity contribution in [2.75, 3.05) is 13.2 Å². The molecule has 0 aliphatic carbocycles. The molecule has 0 aromatic rings. The molecule has 6 N–H and O–H groups in total. The molecule has 0 aromatic heterocycles. The number of hydrogen-bond donors (Lipinski definition) is 6. The topological polar surface area (TPSA) is 149 Å². The normalized spacial score (nSPS) is 20.1. The number of aliphatic hydroxyl groups excluding tert-OH is 5. The van der Waals surface area contributed by atoms with Gasteiger partial charge in [-0.1, -0.05) is 241 Å². The van der Waals surface area contributed by atoms with Gasteiger partial charge in [0.05, 0.1) is 25.4 Å². The van der Waals surface area contributed by atoms with Crippen LogP contribution in [0.2, 0.25) is 0 Å². The van der Waals surface area contributed by atoms with Crippen molar-refractivity contribution in [3.05, 3.63) is 72.9 Å². The summed E-state index contributed by atoms with van der Waals surface area (Å²) >= 11 is 0. The van der Waals surface area contributed by atoms with E-state index in [1.165, 1.54) is 148 Å². The summed E-state index contributed by atoms with van der Waals surface area (Å²) in [5.74, 6) is -0.178. The van der Waals surface area contributed by atoms with Crippen LogP contribution in [0.25, 0.3) is 0 Å². The van der Waals surface area contributed by atoms with Crippen LogP contribution in [0.4, 0.5) is 0 Å². The van der Waals surface area contributed by atoms with E-state index in [4.69, 9.17) is 9.47 Å². The zero-order valence-corrected chi connectivity index (χ0v) is 43.6. The Morgan fingerprint density at radius 2 is 0.912 bits per heavy atom. The molecule has 1 heterocycles. The van der Waals surface area contributed by atoms with Gasteiger partial charge in [0.2, 0.25) is 5.91 Å². The molecule has 394 valence electrons. The fraction of sp³-hybridized carbons (Fsp3) is 0.780. The summed E-state index contributed by atoms with van der Waals surface area (Å²) in [4.78, 5) is 13.0. The lowest BCUT2D eigenvalue weighted by Crippen LogP contribution is -2.60. The van der Waals surface area contributed by atoms with E-state index in [9.17, 15) is 30.3 Å². The van der Waals surface area contributed by atoms with Crippen LogP contribution < -0.4 is 5.32 Å². The van der Waals surface area contributed by atoms with E-state index in [0.29, 0.717) is 6.42 Å². The van der Waals surface area contributed by atoms with Gasteiger partial charge in [-0.15, -0.1) is 0 Å². The van der Waals surface area contributed by atoms with Crippen LogP contribution in [0.1, 0.15) is 239 Å². The third-order valence-corrected chi connectivity index (χ3v) is 13.0. The number of ether oxygens (including phenoxy) is 2. The molecule has 0 spiro atoms. The summed E-state index contributed by atoms with van der Waals surface area (Å²) in [7, 11) is 0. The fourth-order valence-electron chi connectivity index (χ4n) is 8.60. The summed E-state index contributed by atoms with van der Waals surface area (Å²) in [5.41, 5.74) is 0. The summed E-state index contributed by atoms with van der Waals surface area (Å²) in [6.07, 6.45) is 59.9. The predicted octanol–water partition coefficient (Wildman–Crippen LogP) is 13.7. The van der Waals surface area contributed by atoms with Crippen molar-refractivity contribution in [2.45, 2.75) is 281 Å². The average Bonchev–Trinajstić information content (AvgIpc) is 3.34. The Kier molecular flexibility index (Phi) is 45.2. The van der Waals surface area contributed by atoms with Crippen molar-refractivity contribution in [3.63, 3.8) is 0 Å². The first-order chi connectivity index (χ1) is 33.3. The number of unbranched alkanes of at least 4 members (excludes halogenated alkanes) is 27. The number of carbonyl (C=O) groups is 1. The molecule has 9 heteroatoms. The van der Waals surface area contributed by atoms with Gasteiger partial charge in [0.1, 0.15) is 24.4 Å². The zero-order chi connectivity index (χ0) is 49.4. The highest BCUT2D eigenvalue weighted by molar-refractivity contribution is 5.76. The van der Waals surface area contributed by atoms with Gasteiger partial charge in [0.25, 0.3) is 0 Å². The molecule has 0 radical (unpaired) electrons. The van der Waals surface area contributed by atoms with Crippen LogP contribution in [-0.4, -0.2) is 87.5 Å². The lowest BCUT2D eigenvalue weighted by molar-refractivity contribution is -0.302. The molecule has 0 saturated carbocycles. The van der Waals surface area contributed by atoms with Crippen LogP contribution in [0.3, 0.4) is 0 Å². The number of aliphatic hydroxyl groups is 5. The van der Waals surface area contributed by atoms with Crippen molar-refractivity contribution in [3.8, 4) is 0 Å². The highest BCUT2D eigenvalue weighted by atomic mass is 16.7. The van der Waals surface area contributed by atoms with Gasteiger partial charge in [0.15, 0.2) is 6.29 Å². The van der Waals surface area contributed by atoms with E-state index in [-0.39, 0.29) is 12.5 Å². The summed E-state index contributed by atoms with van der Waals surface area (Å²) in [5, 5.41) is 54.2. The smallest absolute Gasteiger partial charge is 0.220 e. The summed E-state index contributed by atoms with van der Waals surface area (Å²) in [6.45, 7) is 3.64. The molecule has 7 unspecified atom stereocenters. The first-order valence-corrected chi connectivity index (χ1v) is 28.2. The standard InChI is InChI=1S/C59H105NO8/c1-3-5-7-9-11-13-15-16-17-18-19-20-21-22-23-24-25-26-27-28-29-30-31-32-33-34-35-36-37-38-39-41-43-45-47-49-55(63)60-52(51-67-59-58(66)57(65)56(64)54(50-61)68-59)53(62)48-46-44-42-40-14-12-10-8-6-4-2/h5,7,11,13,16-17,19-20,22-23,46,48,52-54,56-59,61-62,64-66H,3-4,6,8-10,12,14-15,18,21,24-45,47,49-51H2,1-2H3,(H,60,63)/b7-5-,13-11-,17-16-,20-19-,23-22-,48-46+. The monoisotopic (exact) mass is 956 g/mol. The molecule has 0 aromatic carbocycles. The zero-order valence-electron chi connectivity index (χ0n) is 43.6. The highest BCUT2D eigenvalue weighted by Crippen LogP contribution is 2.23. The van der Waals surface area contributed by atoms with Gasteiger partial charge in [-0.2, -0.15) is 0 Å². The van der Waals surface area contributed by atoms with E-state index in [1.54, 1.807) is 6.08 Å². The third kappa shape index (κ3) is 37.5. The Labute approximate surface area is 417 Å². The minimum Gasteiger partial charge on any atom is -0.394 e. The van der Waals surface area contributed by atoms with Crippen molar-refractivity contribution in [1.82, 2.24) is 5.32 Å². The number of amides is 1. The first-order valence-electron chi connectivity index (χ1n) is 28.2. The van der Waals surface area contributed by atoms with E-state index >= 15 is 0 Å². The van der Waals surface area contributed by atoms with E-state index in [0.717, 1.165) is 70.6 Å². The second kappa shape index (κ2) is 48.3. The molecule has 1 amide bonds. The predicted molar refractivity (Wildman–Crippen MR) is 285 cm³/mol. The van der Waals surface area contributed by atoms with Crippen LogP contribution >= 0.6 is 0 Å². The van der Waals surface area contributed by atoms with Gasteiger partial charge < -0.3 is 40.3 Å². The molecule has 1 aliphatic heterocycles. The molecule has 9 nitrogen and oxygen atoms in total. The lowest BCUT2D eigenvalue weighted by atomic mass is 9.99. The maximum atomic E-state index is 13.0. The third-order valence-electron chi connectivity index (χ3n) is 13.0. The van der Waals surface area contributed by atoms with Crippen LogP contribution in [0.5, 0.6) is 0 Å². The number of carbonyl (C=O) groups excluding carboxylic acids is 1. The number of nitrogens with one attached hydrogen (secondary N) is 1. The Hall–Kier alpha value is -2.37. The van der Waals surface area contributed by atoms with Gasteiger partial charge in [-0.05, 0) is 64.2 Å². The number of hydrogen-bond acceptors (Lipinski definition) is 8. The Morgan fingerprint density at radius 3 is 1.35 bits per heavy atom. The highest BCUT2D eigenvalue weighted by Gasteiger charge is 2.44. The van der Waals surface area contributed by atoms with Crippen molar-refractivity contribution in [1.29, 1.82) is 0 Å². The Balaban J connectivity index is 2.07. The number of allylic oxidation sites excluding steroid dienone is 11. The molecule has 7 atom stereocenters. The maximum Gasteiger partial charge on any atom is 0.220 e. The molecule has 1 saturated heterocycles. The minimum absolute atomic E-state index is 0.178. The lowest BCUT2D eigenvalue weighted by Gasteiger charge is -2.40. The van der Waals surface area contributed by atoms with Gasteiger partial charge in [0, 0.05) is 6.42 Å². The maximum absolute atomic E-state index is 13.0. The van der Waals surface area contributed by atoms with Gasteiger partial charge >= 0.3 is 0 Å². The molecular formula is C59H105NO8. The van der Waals surface area contributed by atoms with Crippen LogP contribution in [0.15, 0.2) is 72.9 Å². The molecule has 68 heavy (non-hydrogen) atoms. The van der Waals surface area contributed by atoms with Crippen LogP contribution in [0, 0.1) is 0 Å². The van der Waals surface area contributed by atoms with E-state index < -0.39 is 49.5 Å². The van der Waals surface area contributed by atoms with Gasteiger partial charge in [-0.25, -0.2) is 0 Å². The van der Waals surface area contributed by atoms with E-state index in [2.05, 4.69) is 79.9 Å². The molecule has 0 bridgehead atoms. The molecular weight excluding hydrogens is 851 g/mol. The summed E-state index contributed by atoms with van der Waals surface area (Å²) < 4.78 is 11.2. The van der Waals surface area contributed by atoms with Crippen molar-refractivity contribution in [2.24, 2.45) is 0 Å². The summed E-state index contributed by atoms with van der Waals surface area (Å²) in [6, 6.07) is -0.804. The van der Waals surface area contributed by atoms with Gasteiger partial charge in [-0.3, -0.25) is 4.79 Å². The molecule has 1 rings (SSSR count). The first kappa shape index (κ1) is 63.6. The SMILES string of the molecule is CC/C=C\C/C=C\C/C=C\C/C=C\C/C=C\CCCCCCCCCCCCCCCCCCCCCC(=O)NC(COC1OC(CO)C(O)C(O)C1O)C(O)/C=C/CCCCCCCCCC. The fourth-order valence-corrected chi connectivity index (χ4v) is 8.60. The largest absolute Gasteiger partial charge is 0.394 e. The number of rotatable bonds is 47. The average molecular weight is 956 g/mol. The van der Waals surface area contributed by atoms with E-state index in [1.807, 2.05) is 6.08 Å². The van der Waals surface area contributed by atoms with Crippen molar-refractivity contribution < 1.29 is 39.8 Å². The Morgan fingerprint density at radius 1 is 0.515 bits per heavy atom. The second-order valence-electron chi connectivity index (χ2n) is 19.4. The second-order valence-corrected chi connectivity index (χ2v) is 19.4. The van der Waals surface area contributed by atoms with Crippen molar-refractivity contribution >= 4 is 5.91 Å².